The summed E-state index contributed by atoms with van der Waals surface area (Å²) < 4.78 is 27.8. The van der Waals surface area contributed by atoms with Crippen molar-refractivity contribution in [2.75, 3.05) is 6.61 Å². The topological polar surface area (TPSA) is 44.1 Å². The van der Waals surface area contributed by atoms with E-state index in [0.717, 1.165) is 4.57 Å². The summed E-state index contributed by atoms with van der Waals surface area (Å²) in [5.74, 6) is -1.04. The molecule has 1 aromatic rings. The van der Waals surface area contributed by atoms with Gasteiger partial charge in [-0.1, -0.05) is 0 Å². The van der Waals surface area contributed by atoms with Crippen molar-refractivity contribution in [2.45, 2.75) is 6.92 Å². The van der Waals surface area contributed by atoms with E-state index in [9.17, 15) is 4.79 Å². The molecule has 0 amide bonds. The van der Waals surface area contributed by atoms with Gasteiger partial charge in [0, 0.05) is 11.1 Å². The number of nitrogens with zero attached hydrogens (tertiary/aromatic N) is 2. The third-order valence-corrected chi connectivity index (χ3v) is 3.06. The van der Waals surface area contributed by atoms with Gasteiger partial charge in [-0.05, 0) is 38.8 Å². The molecule has 6 heteroatoms. The summed E-state index contributed by atoms with van der Waals surface area (Å²) in [5.41, 5.74) is 0. The normalized spacial score (nSPS) is 14.5. The number of esters is 1. The molecule has 1 aromatic heterocycles. The molecular weight excluding hydrogens is 304 g/mol. The lowest BCUT2D eigenvalue weighted by atomic mass is 10.6. The van der Waals surface area contributed by atoms with E-state index in [1.807, 2.05) is 0 Å². The number of ether oxygens (including phenoxy) is 1. The van der Waals surface area contributed by atoms with Crippen LogP contribution in [-0.4, -0.2) is 22.1 Å². The Balaban J connectivity index is 3.29. The molecule has 13 heavy (non-hydrogen) atoms. The van der Waals surface area contributed by atoms with Gasteiger partial charge in [0.2, 0.25) is 5.82 Å². The van der Waals surface area contributed by atoms with Gasteiger partial charge < -0.3 is 9.30 Å². The van der Waals surface area contributed by atoms with E-state index in [2.05, 4.69) is 36.8 Å². The van der Waals surface area contributed by atoms with Gasteiger partial charge in [0.25, 0.3) is 0 Å². The van der Waals surface area contributed by atoms with Gasteiger partial charge in [-0.25, -0.2) is 9.78 Å². The molecule has 0 aliphatic carbocycles. The third kappa shape index (κ3) is 2.11. The number of carbonyl (C=O) groups is 1. The minimum atomic E-state index is -2.50. The zero-order valence-corrected chi connectivity index (χ0v) is 9.85. The first-order valence-electron chi connectivity index (χ1n) is 4.90. The fraction of sp³-hybridized carbons (Fsp3) is 0.429. The SMILES string of the molecule is [2H]C([2H])([2H])n1c(C(=O)OCC)nc(Br)c1Br. The van der Waals surface area contributed by atoms with Crippen LogP contribution in [0.3, 0.4) is 0 Å². The quantitative estimate of drug-likeness (QED) is 0.785. The summed E-state index contributed by atoms with van der Waals surface area (Å²) in [7, 11) is 0. The lowest BCUT2D eigenvalue weighted by molar-refractivity contribution is 0.0507. The Bertz CT molecular complexity index is 416. The van der Waals surface area contributed by atoms with Gasteiger partial charge in [0.15, 0.2) is 0 Å². The van der Waals surface area contributed by atoms with Crippen LogP contribution in [0.4, 0.5) is 0 Å². The molecule has 0 aliphatic heterocycles. The van der Waals surface area contributed by atoms with Gasteiger partial charge in [-0.15, -0.1) is 0 Å². The monoisotopic (exact) mass is 313 g/mol. The highest BCUT2D eigenvalue weighted by Crippen LogP contribution is 2.22. The average molecular weight is 315 g/mol. The lowest BCUT2D eigenvalue weighted by Gasteiger charge is -2.00. The van der Waals surface area contributed by atoms with Gasteiger partial charge in [0.05, 0.1) is 6.61 Å². The molecule has 0 N–H and O–H groups in total. The number of hydrogen-bond donors (Lipinski definition) is 0. The second kappa shape index (κ2) is 4.23. The van der Waals surface area contributed by atoms with Gasteiger partial charge in [-0.2, -0.15) is 0 Å². The first-order chi connectivity index (χ1) is 7.29. The Morgan fingerprint density at radius 1 is 1.77 bits per heavy atom. The summed E-state index contributed by atoms with van der Waals surface area (Å²) in [4.78, 5) is 15.3. The number of halogens is 2. The smallest absolute Gasteiger partial charge is 0.374 e. The minimum absolute atomic E-state index is 0.155. The molecule has 0 aliphatic rings. The second-order valence-electron chi connectivity index (χ2n) is 2.07. The van der Waals surface area contributed by atoms with E-state index in [1.165, 1.54) is 0 Å². The maximum absolute atomic E-state index is 11.5. The van der Waals surface area contributed by atoms with Crippen molar-refractivity contribution < 1.29 is 13.6 Å². The number of carbonyl (C=O) groups excluding carboxylic acids is 1. The first kappa shape index (κ1) is 7.00. The molecule has 0 spiro atoms. The highest BCUT2D eigenvalue weighted by molar-refractivity contribution is 9.13. The Hall–Kier alpha value is -0.360. The van der Waals surface area contributed by atoms with Crippen molar-refractivity contribution in [3.63, 3.8) is 0 Å². The van der Waals surface area contributed by atoms with Crippen molar-refractivity contribution in [3.8, 4) is 0 Å². The molecule has 0 atom stereocenters. The zero-order valence-electron chi connectivity index (χ0n) is 9.67. The lowest BCUT2D eigenvalue weighted by Crippen LogP contribution is -2.11. The highest BCUT2D eigenvalue weighted by Gasteiger charge is 2.17. The predicted octanol–water partition coefficient (Wildman–Crippen LogP) is 2.12. The number of hydrogen-bond acceptors (Lipinski definition) is 3. The standard InChI is InChI=1S/C7H8Br2N2O2/c1-3-13-7(12)6-10-4(8)5(9)11(6)2/h3H2,1-2H3/i2D3. The van der Waals surface area contributed by atoms with Gasteiger partial charge in [0.1, 0.15) is 9.21 Å². The van der Waals surface area contributed by atoms with Gasteiger partial charge >= 0.3 is 5.97 Å². The summed E-state index contributed by atoms with van der Waals surface area (Å²) >= 11 is 6.08. The van der Waals surface area contributed by atoms with Crippen molar-refractivity contribution in [1.29, 1.82) is 0 Å². The molecule has 0 bridgehead atoms. The van der Waals surface area contributed by atoms with Crippen LogP contribution in [0.2, 0.25) is 0 Å². The second-order valence-corrected chi connectivity index (χ2v) is 3.58. The fourth-order valence-electron chi connectivity index (χ4n) is 0.707. The van der Waals surface area contributed by atoms with Crippen molar-refractivity contribution in [2.24, 2.45) is 6.98 Å². The van der Waals surface area contributed by atoms with Crippen LogP contribution in [0.1, 0.15) is 21.7 Å². The summed E-state index contributed by atoms with van der Waals surface area (Å²) in [6.45, 7) is -0.716. The van der Waals surface area contributed by atoms with E-state index < -0.39 is 12.9 Å². The van der Waals surface area contributed by atoms with Crippen LogP contribution < -0.4 is 0 Å². The van der Waals surface area contributed by atoms with Crippen LogP contribution in [0.5, 0.6) is 0 Å². The van der Waals surface area contributed by atoms with E-state index in [-0.39, 0.29) is 21.6 Å². The molecule has 0 radical (unpaired) electrons. The van der Waals surface area contributed by atoms with E-state index in [4.69, 9.17) is 8.85 Å². The van der Waals surface area contributed by atoms with E-state index in [1.54, 1.807) is 6.92 Å². The van der Waals surface area contributed by atoms with Crippen molar-refractivity contribution in [1.82, 2.24) is 9.55 Å². The van der Waals surface area contributed by atoms with Crippen LogP contribution in [-0.2, 0) is 11.7 Å². The van der Waals surface area contributed by atoms with Crippen LogP contribution in [0.15, 0.2) is 9.21 Å². The van der Waals surface area contributed by atoms with E-state index in [0.29, 0.717) is 0 Å². The predicted molar refractivity (Wildman–Crippen MR) is 54.6 cm³/mol. The van der Waals surface area contributed by atoms with Crippen LogP contribution in [0, 0.1) is 0 Å². The maximum Gasteiger partial charge on any atom is 0.374 e. The molecular formula is C7H8Br2N2O2. The maximum atomic E-state index is 11.5. The fourth-order valence-corrected chi connectivity index (χ4v) is 1.31. The number of aromatic nitrogens is 2. The van der Waals surface area contributed by atoms with E-state index >= 15 is 0 Å². The zero-order chi connectivity index (χ0) is 12.5. The van der Waals surface area contributed by atoms with Crippen molar-refractivity contribution in [3.05, 3.63) is 15.0 Å². The molecule has 0 aromatic carbocycles. The molecule has 0 unspecified atom stereocenters. The summed E-state index contributed by atoms with van der Waals surface area (Å²) in [6.07, 6.45) is 0. The third-order valence-electron chi connectivity index (χ3n) is 1.24. The Morgan fingerprint density at radius 2 is 2.46 bits per heavy atom. The summed E-state index contributed by atoms with van der Waals surface area (Å²) in [5, 5.41) is 0. The molecule has 4 nitrogen and oxygen atoms in total. The first-order valence-corrected chi connectivity index (χ1v) is 4.99. The number of imidazole rings is 1. The summed E-state index contributed by atoms with van der Waals surface area (Å²) in [6, 6.07) is 0. The molecule has 0 saturated heterocycles. The minimum Gasteiger partial charge on any atom is -0.460 e. The molecule has 1 rings (SSSR count). The largest absolute Gasteiger partial charge is 0.460 e. The van der Waals surface area contributed by atoms with Crippen LogP contribution >= 0.6 is 31.9 Å². The Kier molecular flexibility index (Phi) is 2.28. The Morgan fingerprint density at radius 3 is 3.00 bits per heavy atom. The molecule has 0 fully saturated rings. The Labute approximate surface area is 96.8 Å². The number of rotatable bonds is 2. The van der Waals surface area contributed by atoms with Crippen LogP contribution in [0.25, 0.3) is 0 Å². The average Bonchev–Trinajstić information content (AvgIpc) is 2.43. The molecule has 72 valence electrons. The van der Waals surface area contributed by atoms with Crippen molar-refractivity contribution >= 4 is 37.8 Å². The molecule has 1 heterocycles. The van der Waals surface area contributed by atoms with Gasteiger partial charge in [-0.3, -0.25) is 0 Å². The molecule has 0 saturated carbocycles. The highest BCUT2D eigenvalue weighted by atomic mass is 79.9.